The highest BCUT2D eigenvalue weighted by molar-refractivity contribution is 9.10. The zero-order valence-corrected chi connectivity index (χ0v) is 24.5. The summed E-state index contributed by atoms with van der Waals surface area (Å²) in [5.41, 5.74) is 1.86. The minimum Gasteiger partial charge on any atom is -0.479 e. The van der Waals surface area contributed by atoms with Gasteiger partial charge in [0.15, 0.2) is 17.2 Å². The fourth-order valence-electron chi connectivity index (χ4n) is 4.45. The largest absolute Gasteiger partial charge is 0.479 e. The van der Waals surface area contributed by atoms with Crippen molar-refractivity contribution in [2.75, 3.05) is 30.6 Å². The monoisotopic (exact) mass is 636 g/mol. The maximum atomic E-state index is 13.8. The molecule has 1 fully saturated rings. The molecule has 2 heterocycles. The molecule has 12 heteroatoms. The normalized spacial score (nSPS) is 14.1. The number of carbonyl (C=O) groups is 2. The molecule has 0 amide bonds. The predicted molar refractivity (Wildman–Crippen MR) is 154 cm³/mol. The van der Waals surface area contributed by atoms with Crippen LogP contribution in [0.25, 0.3) is 10.4 Å². The van der Waals surface area contributed by atoms with Crippen molar-refractivity contribution in [3.05, 3.63) is 69.5 Å². The lowest BCUT2D eigenvalue weighted by Gasteiger charge is -2.35. The second-order valence-electron chi connectivity index (χ2n) is 8.88. The van der Waals surface area contributed by atoms with Crippen molar-refractivity contribution >= 4 is 54.9 Å². The Balaban J connectivity index is 1.77. The number of hydrogen-bond donors (Lipinski definition) is 2. The summed E-state index contributed by atoms with van der Waals surface area (Å²) < 4.78 is 40.2. The molecule has 0 aliphatic carbocycles. The highest BCUT2D eigenvalue weighted by Crippen LogP contribution is 2.46. The highest BCUT2D eigenvalue weighted by atomic mass is 79.9. The van der Waals surface area contributed by atoms with Crippen LogP contribution in [0.1, 0.15) is 35.0 Å². The number of aliphatic carboxylic acids is 1. The Morgan fingerprint density at radius 3 is 2.51 bits per heavy atom. The van der Waals surface area contributed by atoms with E-state index in [1.807, 2.05) is 18.2 Å². The number of carbonyl (C=O) groups excluding carboxylic acids is 1. The van der Waals surface area contributed by atoms with Gasteiger partial charge in [0.25, 0.3) is 0 Å². The molecule has 2 N–H and O–H groups in total. The molecule has 1 saturated heterocycles. The summed E-state index contributed by atoms with van der Waals surface area (Å²) in [5.74, 6) is -1.88. The summed E-state index contributed by atoms with van der Waals surface area (Å²) in [7, 11) is -3.75. The molecular weight excluding hydrogens is 608 g/mol. The van der Waals surface area contributed by atoms with Gasteiger partial charge in [-0.05, 0) is 72.0 Å². The van der Waals surface area contributed by atoms with Crippen molar-refractivity contribution in [1.29, 1.82) is 0 Å². The molecule has 0 bridgehead atoms. The van der Waals surface area contributed by atoms with E-state index in [-0.39, 0.29) is 29.0 Å². The number of esters is 1. The molecular formula is C27H29BrN2O7S2. The Kier molecular flexibility index (Phi) is 9.65. The van der Waals surface area contributed by atoms with Gasteiger partial charge in [0, 0.05) is 6.04 Å². The number of benzene rings is 2. The van der Waals surface area contributed by atoms with Crippen LogP contribution in [0.4, 0.5) is 5.69 Å². The van der Waals surface area contributed by atoms with E-state index in [0.29, 0.717) is 52.1 Å². The van der Waals surface area contributed by atoms with E-state index in [1.165, 1.54) is 4.31 Å². The van der Waals surface area contributed by atoms with Crippen LogP contribution in [0.3, 0.4) is 0 Å². The quantitative estimate of drug-likeness (QED) is 0.285. The third kappa shape index (κ3) is 6.99. The maximum Gasteiger partial charge on any atom is 0.352 e. The van der Waals surface area contributed by atoms with Gasteiger partial charge in [0.2, 0.25) is 10.0 Å². The molecule has 9 nitrogen and oxygen atoms in total. The van der Waals surface area contributed by atoms with Crippen molar-refractivity contribution in [3.8, 4) is 16.2 Å². The molecule has 0 radical (unpaired) electrons. The third-order valence-corrected chi connectivity index (χ3v) is 10.1. The predicted octanol–water partition coefficient (Wildman–Crippen LogP) is 4.91. The summed E-state index contributed by atoms with van der Waals surface area (Å²) in [6, 6.07) is 16.0. The Labute approximate surface area is 239 Å². The Morgan fingerprint density at radius 1 is 1.13 bits per heavy atom. The van der Waals surface area contributed by atoms with Crippen LogP contribution in [0.15, 0.2) is 59.1 Å². The minimum absolute atomic E-state index is 0.0770. The van der Waals surface area contributed by atoms with Gasteiger partial charge in [-0.3, -0.25) is 4.31 Å². The molecule has 2 aromatic carbocycles. The van der Waals surface area contributed by atoms with E-state index in [2.05, 4.69) is 21.2 Å². The zero-order chi connectivity index (χ0) is 28.0. The summed E-state index contributed by atoms with van der Waals surface area (Å²) >= 11 is 4.56. The fourth-order valence-corrected chi connectivity index (χ4v) is 8.25. The average molecular weight is 638 g/mol. The second-order valence-corrected chi connectivity index (χ2v) is 12.5. The molecule has 39 heavy (non-hydrogen) atoms. The fraction of sp³-hybridized carbons (Fsp3) is 0.333. The molecule has 0 unspecified atom stereocenters. The highest BCUT2D eigenvalue weighted by Gasteiger charge is 2.32. The molecule has 0 spiro atoms. The molecule has 0 saturated carbocycles. The number of carboxylic acid groups (broad SMARTS) is 1. The van der Waals surface area contributed by atoms with Crippen LogP contribution >= 0.6 is 27.3 Å². The molecule has 1 aromatic heterocycles. The molecule has 1 aliphatic heterocycles. The van der Waals surface area contributed by atoms with E-state index in [4.69, 9.17) is 14.6 Å². The topological polar surface area (TPSA) is 122 Å². The number of rotatable bonds is 11. The number of sulfonamides is 1. The van der Waals surface area contributed by atoms with Gasteiger partial charge in [0.1, 0.15) is 0 Å². The summed E-state index contributed by atoms with van der Waals surface area (Å²) in [6.07, 6.45) is 1.34. The SMILES string of the molecule is CCOC(=O)c1sc(-c2cccc(N(C3CCNCC3)S(=O)(=O)Cc3ccccc3)c2)c(Br)c1OCC(=O)O. The summed E-state index contributed by atoms with van der Waals surface area (Å²) in [6.45, 7) is 2.61. The first-order valence-electron chi connectivity index (χ1n) is 12.4. The Morgan fingerprint density at radius 2 is 1.85 bits per heavy atom. The Hall–Kier alpha value is -2.93. The van der Waals surface area contributed by atoms with E-state index < -0.39 is 28.6 Å². The van der Waals surface area contributed by atoms with Crippen LogP contribution in [-0.2, 0) is 25.3 Å². The number of ether oxygens (including phenoxy) is 2. The second kappa shape index (κ2) is 12.9. The number of thiophene rings is 1. The lowest BCUT2D eigenvalue weighted by molar-refractivity contribution is -0.139. The molecule has 208 valence electrons. The zero-order valence-electron chi connectivity index (χ0n) is 21.3. The summed E-state index contributed by atoms with van der Waals surface area (Å²) in [4.78, 5) is 24.5. The van der Waals surface area contributed by atoms with Gasteiger partial charge in [0.05, 0.1) is 27.4 Å². The first-order valence-corrected chi connectivity index (χ1v) is 15.6. The van der Waals surface area contributed by atoms with Crippen LogP contribution in [0.2, 0.25) is 0 Å². The molecule has 3 aromatic rings. The number of hydrogen-bond acceptors (Lipinski definition) is 8. The van der Waals surface area contributed by atoms with Crippen LogP contribution in [0.5, 0.6) is 5.75 Å². The van der Waals surface area contributed by atoms with Gasteiger partial charge in [-0.25, -0.2) is 18.0 Å². The maximum absolute atomic E-state index is 13.8. The molecule has 1 aliphatic rings. The van der Waals surface area contributed by atoms with Crippen molar-refractivity contribution in [2.24, 2.45) is 0 Å². The van der Waals surface area contributed by atoms with Crippen molar-refractivity contribution in [2.45, 2.75) is 31.6 Å². The minimum atomic E-state index is -3.75. The van der Waals surface area contributed by atoms with Crippen LogP contribution in [-0.4, -0.2) is 57.8 Å². The number of halogens is 1. The third-order valence-electron chi connectivity index (χ3n) is 6.10. The van der Waals surface area contributed by atoms with Gasteiger partial charge in [-0.1, -0.05) is 42.5 Å². The van der Waals surface area contributed by atoms with E-state index in [0.717, 1.165) is 11.3 Å². The summed E-state index contributed by atoms with van der Waals surface area (Å²) in [5, 5.41) is 12.4. The number of nitrogens with one attached hydrogen (secondary N) is 1. The Bertz CT molecular complexity index is 1420. The van der Waals surface area contributed by atoms with Gasteiger partial charge in [-0.15, -0.1) is 11.3 Å². The number of piperidine rings is 1. The van der Waals surface area contributed by atoms with Gasteiger partial charge < -0.3 is 19.9 Å². The number of nitrogens with zero attached hydrogens (tertiary/aromatic N) is 1. The van der Waals surface area contributed by atoms with Crippen LogP contribution in [0, 0.1) is 0 Å². The smallest absolute Gasteiger partial charge is 0.352 e. The van der Waals surface area contributed by atoms with E-state index >= 15 is 0 Å². The van der Waals surface area contributed by atoms with Gasteiger partial charge in [-0.2, -0.15) is 0 Å². The van der Waals surface area contributed by atoms with E-state index in [1.54, 1.807) is 43.3 Å². The van der Waals surface area contributed by atoms with Gasteiger partial charge >= 0.3 is 11.9 Å². The lowest BCUT2D eigenvalue weighted by atomic mass is 10.1. The standard InChI is InChI=1S/C27H29BrN2O7S2/c1-2-36-27(33)26-24(37-16-22(31)32)23(28)25(38-26)19-9-6-10-21(15-19)30(20-11-13-29-14-12-20)39(34,35)17-18-7-4-3-5-8-18/h3-10,15,20,29H,2,11-14,16-17H2,1H3,(H,31,32). The molecule has 4 rings (SSSR count). The average Bonchev–Trinajstić information content (AvgIpc) is 3.24. The van der Waals surface area contributed by atoms with E-state index in [9.17, 15) is 18.0 Å². The van der Waals surface area contributed by atoms with Crippen molar-refractivity contribution in [1.82, 2.24) is 5.32 Å². The number of carboxylic acids is 1. The van der Waals surface area contributed by atoms with Crippen molar-refractivity contribution < 1.29 is 32.6 Å². The first kappa shape index (κ1) is 29.1. The first-order chi connectivity index (χ1) is 18.7. The van der Waals surface area contributed by atoms with Crippen molar-refractivity contribution in [3.63, 3.8) is 0 Å². The number of anilines is 1. The lowest BCUT2D eigenvalue weighted by Crippen LogP contribution is -2.46. The molecule has 0 atom stereocenters. The van der Waals surface area contributed by atoms with Crippen LogP contribution < -0.4 is 14.4 Å².